The first-order valence-electron chi connectivity index (χ1n) is 9.81. The predicted octanol–water partition coefficient (Wildman–Crippen LogP) is 2.24. The SMILES string of the molecule is CCN1C(=CC=c2s/c(=C3\SC(=S)N(CC(=O)O)C3=O)n(CC)c2=O)Sc2ccccc21. The number of rotatable bonds is 5. The van der Waals surface area contributed by atoms with Gasteiger partial charge in [-0.1, -0.05) is 47.9 Å². The van der Waals surface area contributed by atoms with Gasteiger partial charge in [0.1, 0.15) is 20.4 Å². The number of thioether (sulfide) groups is 2. The number of allylic oxidation sites excluding steroid dienone is 1. The van der Waals surface area contributed by atoms with Crippen molar-refractivity contribution in [3.8, 4) is 0 Å². The number of carboxylic acid groups (broad SMARTS) is 1. The minimum Gasteiger partial charge on any atom is -0.480 e. The van der Waals surface area contributed by atoms with Crippen LogP contribution in [0, 0.1) is 0 Å². The average molecular weight is 506 g/mol. The Morgan fingerprint density at radius 1 is 1.09 bits per heavy atom. The van der Waals surface area contributed by atoms with Crippen LogP contribution in [0.2, 0.25) is 0 Å². The molecule has 1 amide bonds. The van der Waals surface area contributed by atoms with E-state index in [0.717, 1.165) is 33.9 Å². The Morgan fingerprint density at radius 3 is 2.53 bits per heavy atom. The number of carbonyl (C=O) groups is 2. The summed E-state index contributed by atoms with van der Waals surface area (Å²) in [6, 6.07) is 8.16. The molecule has 1 aromatic carbocycles. The van der Waals surface area contributed by atoms with Crippen molar-refractivity contribution in [2.45, 2.75) is 25.3 Å². The summed E-state index contributed by atoms with van der Waals surface area (Å²) in [7, 11) is 0. The van der Waals surface area contributed by atoms with Crippen molar-refractivity contribution in [3.63, 3.8) is 0 Å². The van der Waals surface area contributed by atoms with Gasteiger partial charge in [0.15, 0.2) is 0 Å². The van der Waals surface area contributed by atoms with E-state index in [-0.39, 0.29) is 9.88 Å². The van der Waals surface area contributed by atoms with Gasteiger partial charge in [-0.25, -0.2) is 0 Å². The zero-order valence-electron chi connectivity index (χ0n) is 17.2. The van der Waals surface area contributed by atoms with Crippen molar-refractivity contribution >= 4 is 79.9 Å². The second-order valence-corrected chi connectivity index (χ2v) is 10.5. The van der Waals surface area contributed by atoms with Gasteiger partial charge in [-0.2, -0.15) is 0 Å². The summed E-state index contributed by atoms with van der Waals surface area (Å²) < 4.78 is 2.73. The third kappa shape index (κ3) is 4.05. The number of thiazole rings is 1. The van der Waals surface area contributed by atoms with Gasteiger partial charge in [-0.15, -0.1) is 11.3 Å². The number of carboxylic acids is 1. The lowest BCUT2D eigenvalue weighted by atomic mass is 10.3. The highest BCUT2D eigenvalue weighted by Crippen LogP contribution is 2.45. The molecule has 2 aliphatic heterocycles. The number of thiocarbonyl (C=S) groups is 1. The van der Waals surface area contributed by atoms with E-state index in [0.29, 0.717) is 20.6 Å². The Kier molecular flexibility index (Phi) is 6.61. The molecule has 1 N–H and O–H groups in total. The lowest BCUT2D eigenvalue weighted by Crippen LogP contribution is -2.35. The fourth-order valence-electron chi connectivity index (χ4n) is 3.44. The number of carbonyl (C=O) groups excluding carboxylic acids is 1. The Balaban J connectivity index is 1.78. The molecule has 0 radical (unpaired) electrons. The van der Waals surface area contributed by atoms with E-state index in [4.69, 9.17) is 17.3 Å². The maximum Gasteiger partial charge on any atom is 0.323 e. The fraction of sp³-hybridized carbons (Fsp3) is 0.238. The molecule has 2 aliphatic rings. The molecule has 1 aromatic heterocycles. The summed E-state index contributed by atoms with van der Waals surface area (Å²) in [5.41, 5.74) is 0.962. The van der Waals surface area contributed by atoms with Gasteiger partial charge in [0.05, 0.1) is 15.2 Å². The average Bonchev–Trinajstić information content (AvgIpc) is 3.38. The minimum atomic E-state index is -1.14. The van der Waals surface area contributed by atoms with Crippen LogP contribution in [0.15, 0.2) is 45.1 Å². The molecule has 32 heavy (non-hydrogen) atoms. The molecular formula is C21H19N3O4S4. The quantitative estimate of drug-likeness (QED) is 0.620. The number of aromatic nitrogens is 1. The van der Waals surface area contributed by atoms with Gasteiger partial charge in [-0.3, -0.25) is 23.9 Å². The van der Waals surface area contributed by atoms with Gasteiger partial charge in [0, 0.05) is 18.0 Å². The smallest absolute Gasteiger partial charge is 0.323 e. The Hall–Kier alpha value is -2.34. The van der Waals surface area contributed by atoms with Crippen LogP contribution in [0.1, 0.15) is 13.8 Å². The largest absolute Gasteiger partial charge is 0.480 e. The minimum absolute atomic E-state index is 0.183. The molecule has 4 rings (SSSR count). The van der Waals surface area contributed by atoms with Crippen molar-refractivity contribution < 1.29 is 14.7 Å². The van der Waals surface area contributed by atoms with E-state index in [2.05, 4.69) is 24.0 Å². The van der Waals surface area contributed by atoms with Crippen LogP contribution in [0.4, 0.5) is 5.69 Å². The monoisotopic (exact) mass is 505 g/mol. The van der Waals surface area contributed by atoms with Gasteiger partial charge < -0.3 is 10.0 Å². The molecule has 1 saturated heterocycles. The van der Waals surface area contributed by atoms with E-state index >= 15 is 0 Å². The van der Waals surface area contributed by atoms with Crippen LogP contribution in [-0.2, 0) is 16.1 Å². The number of amides is 1. The molecule has 0 spiro atoms. The van der Waals surface area contributed by atoms with E-state index < -0.39 is 18.4 Å². The highest BCUT2D eigenvalue weighted by molar-refractivity contribution is 8.30. The molecule has 0 aliphatic carbocycles. The summed E-state index contributed by atoms with van der Waals surface area (Å²) in [5, 5.41) is 10.1. The summed E-state index contributed by atoms with van der Waals surface area (Å²) >= 11 is 9.10. The second-order valence-electron chi connectivity index (χ2n) is 6.79. The summed E-state index contributed by atoms with van der Waals surface area (Å²) in [5.74, 6) is -1.62. The highest BCUT2D eigenvalue weighted by atomic mass is 32.2. The number of anilines is 1. The standard InChI is InChI=1S/C21H19N3O4S4/c1-3-22-12-7-5-6-8-13(12)30-15(22)10-9-14-18(27)23(4-2)20(31-14)17-19(28)24(11-16(25)26)21(29)32-17/h5-10H,3-4,11H2,1-2H3,(H,25,26)/b14-9?,15-10?,20-17-. The van der Waals surface area contributed by atoms with Crippen LogP contribution >= 0.6 is 47.1 Å². The van der Waals surface area contributed by atoms with Crippen molar-refractivity contribution in [1.29, 1.82) is 0 Å². The summed E-state index contributed by atoms with van der Waals surface area (Å²) in [6.45, 7) is 4.61. The van der Waals surface area contributed by atoms with Crippen LogP contribution in [-0.4, -0.2) is 43.9 Å². The molecule has 2 aromatic rings. The van der Waals surface area contributed by atoms with Crippen LogP contribution in [0.25, 0.3) is 11.0 Å². The van der Waals surface area contributed by atoms with E-state index in [1.54, 1.807) is 17.8 Å². The van der Waals surface area contributed by atoms with Gasteiger partial charge in [0.25, 0.3) is 11.5 Å². The third-order valence-electron chi connectivity index (χ3n) is 4.89. The van der Waals surface area contributed by atoms with Crippen molar-refractivity contribution in [3.05, 3.63) is 54.9 Å². The Bertz CT molecular complexity index is 1340. The van der Waals surface area contributed by atoms with Crippen molar-refractivity contribution in [2.75, 3.05) is 18.0 Å². The first-order chi connectivity index (χ1) is 15.3. The Labute approximate surface area is 201 Å². The van der Waals surface area contributed by atoms with Crippen LogP contribution in [0.3, 0.4) is 0 Å². The summed E-state index contributed by atoms with van der Waals surface area (Å²) in [4.78, 5) is 41.6. The predicted molar refractivity (Wildman–Crippen MR) is 134 cm³/mol. The first-order valence-corrected chi connectivity index (χ1v) is 12.7. The molecule has 166 valence electrons. The molecule has 0 atom stereocenters. The van der Waals surface area contributed by atoms with Crippen molar-refractivity contribution in [2.24, 2.45) is 0 Å². The van der Waals surface area contributed by atoms with Gasteiger partial charge >= 0.3 is 5.97 Å². The molecule has 0 unspecified atom stereocenters. The topological polar surface area (TPSA) is 82.8 Å². The number of fused-ring (bicyclic) bond motifs is 1. The molecule has 11 heteroatoms. The first kappa shape index (κ1) is 22.8. The van der Waals surface area contributed by atoms with E-state index in [1.807, 2.05) is 25.1 Å². The zero-order chi connectivity index (χ0) is 23.0. The number of hydrogen-bond acceptors (Lipinski definition) is 8. The lowest BCUT2D eigenvalue weighted by Gasteiger charge is -2.17. The zero-order valence-corrected chi connectivity index (χ0v) is 20.5. The maximum atomic E-state index is 13.0. The maximum absolute atomic E-state index is 13.0. The fourth-order valence-corrected chi connectivity index (χ4v) is 7.09. The highest BCUT2D eigenvalue weighted by Gasteiger charge is 2.35. The number of aliphatic carboxylic acids is 1. The van der Waals surface area contributed by atoms with Crippen LogP contribution in [0.5, 0.6) is 0 Å². The van der Waals surface area contributed by atoms with Crippen molar-refractivity contribution in [1.82, 2.24) is 9.47 Å². The number of benzene rings is 1. The second kappa shape index (κ2) is 9.26. The molecular weight excluding hydrogens is 487 g/mol. The molecule has 7 nitrogen and oxygen atoms in total. The van der Waals surface area contributed by atoms with Gasteiger partial charge in [-0.05, 0) is 38.1 Å². The Morgan fingerprint density at radius 2 is 1.84 bits per heavy atom. The normalized spacial score (nSPS) is 19.4. The lowest BCUT2D eigenvalue weighted by molar-refractivity contribution is -0.140. The number of para-hydroxylation sites is 1. The molecule has 3 heterocycles. The number of hydrogen-bond donors (Lipinski definition) is 1. The molecule has 0 saturated carbocycles. The van der Waals surface area contributed by atoms with E-state index in [1.165, 1.54) is 20.8 Å². The van der Waals surface area contributed by atoms with Gasteiger partial charge in [0.2, 0.25) is 0 Å². The number of nitrogens with zero attached hydrogens (tertiary/aromatic N) is 3. The van der Waals surface area contributed by atoms with Crippen LogP contribution < -0.4 is 19.7 Å². The summed E-state index contributed by atoms with van der Waals surface area (Å²) in [6.07, 6.45) is 3.72. The van der Waals surface area contributed by atoms with E-state index in [9.17, 15) is 14.4 Å². The third-order valence-corrected chi connectivity index (χ3v) is 8.74. The molecule has 1 fully saturated rings. The molecule has 0 bridgehead atoms.